The summed E-state index contributed by atoms with van der Waals surface area (Å²) in [6.07, 6.45) is -0.225. The first kappa shape index (κ1) is 18.7. The van der Waals surface area contributed by atoms with Crippen molar-refractivity contribution in [3.05, 3.63) is 28.2 Å². The Morgan fingerprint density at radius 3 is 2.59 bits per heavy atom. The SMILES string of the molecule is COC(CN)CC(=O)N(C)CC(=O)Nc1ccc(Cl)c(Cl)c1. The third-order valence-electron chi connectivity index (χ3n) is 3.01. The topological polar surface area (TPSA) is 84.7 Å². The standard InChI is InChI=1S/C14H19Cl2N3O3/c1-19(14(21)6-10(7-17)22-2)8-13(20)18-9-3-4-11(15)12(16)5-9/h3-5,10H,6-8,17H2,1-2H3,(H,18,20). The van der Waals surface area contributed by atoms with Gasteiger partial charge < -0.3 is 20.7 Å². The van der Waals surface area contributed by atoms with Crippen molar-refractivity contribution in [2.24, 2.45) is 5.73 Å². The average molecular weight is 348 g/mol. The lowest BCUT2D eigenvalue weighted by Crippen LogP contribution is -2.38. The number of carbonyl (C=O) groups excluding carboxylic acids is 2. The monoisotopic (exact) mass is 347 g/mol. The lowest BCUT2D eigenvalue weighted by molar-refractivity contribution is -0.135. The van der Waals surface area contributed by atoms with Gasteiger partial charge in [-0.05, 0) is 18.2 Å². The van der Waals surface area contributed by atoms with Crippen molar-refractivity contribution in [1.82, 2.24) is 4.90 Å². The number of ether oxygens (including phenoxy) is 1. The molecule has 1 atom stereocenters. The van der Waals surface area contributed by atoms with Crippen LogP contribution in [0.1, 0.15) is 6.42 Å². The first-order chi connectivity index (χ1) is 10.4. The number of benzene rings is 1. The fraction of sp³-hybridized carbons (Fsp3) is 0.429. The van der Waals surface area contributed by atoms with E-state index >= 15 is 0 Å². The van der Waals surface area contributed by atoms with E-state index in [2.05, 4.69) is 5.32 Å². The minimum atomic E-state index is -0.354. The van der Waals surface area contributed by atoms with Gasteiger partial charge in [0.2, 0.25) is 11.8 Å². The molecule has 0 saturated heterocycles. The number of rotatable bonds is 7. The van der Waals surface area contributed by atoms with Crippen molar-refractivity contribution < 1.29 is 14.3 Å². The fourth-order valence-corrected chi connectivity index (χ4v) is 1.99. The van der Waals surface area contributed by atoms with Gasteiger partial charge in [0.05, 0.1) is 29.1 Å². The van der Waals surface area contributed by atoms with Crippen molar-refractivity contribution in [2.45, 2.75) is 12.5 Å². The molecule has 0 radical (unpaired) electrons. The number of halogens is 2. The summed E-state index contributed by atoms with van der Waals surface area (Å²) in [6, 6.07) is 4.75. The van der Waals surface area contributed by atoms with Crippen LogP contribution < -0.4 is 11.1 Å². The van der Waals surface area contributed by atoms with E-state index < -0.39 is 0 Å². The molecule has 2 amide bonds. The van der Waals surface area contributed by atoms with Crippen molar-refractivity contribution in [2.75, 3.05) is 32.6 Å². The predicted molar refractivity (Wildman–Crippen MR) is 87.2 cm³/mol. The van der Waals surface area contributed by atoms with E-state index in [0.29, 0.717) is 15.7 Å². The van der Waals surface area contributed by atoms with E-state index in [1.165, 1.54) is 12.0 Å². The van der Waals surface area contributed by atoms with Gasteiger partial charge in [0.1, 0.15) is 0 Å². The van der Waals surface area contributed by atoms with Crippen LogP contribution in [-0.4, -0.2) is 50.1 Å². The fourth-order valence-electron chi connectivity index (χ4n) is 1.69. The molecule has 0 bridgehead atoms. The molecule has 22 heavy (non-hydrogen) atoms. The molecule has 0 heterocycles. The number of likely N-dealkylation sites (N-methyl/N-ethyl adjacent to an activating group) is 1. The Morgan fingerprint density at radius 1 is 1.36 bits per heavy atom. The molecule has 8 heteroatoms. The van der Waals surface area contributed by atoms with Gasteiger partial charge in [0.25, 0.3) is 0 Å². The number of nitrogens with one attached hydrogen (secondary N) is 1. The molecule has 0 aliphatic heterocycles. The van der Waals surface area contributed by atoms with Gasteiger partial charge in [-0.1, -0.05) is 23.2 Å². The van der Waals surface area contributed by atoms with Crippen LogP contribution in [0.3, 0.4) is 0 Å². The summed E-state index contributed by atoms with van der Waals surface area (Å²) < 4.78 is 5.05. The van der Waals surface area contributed by atoms with E-state index in [0.717, 1.165) is 0 Å². The van der Waals surface area contributed by atoms with Gasteiger partial charge in [0, 0.05) is 26.4 Å². The molecule has 1 aromatic rings. The predicted octanol–water partition coefficient (Wildman–Crippen LogP) is 1.75. The average Bonchev–Trinajstić information content (AvgIpc) is 2.48. The van der Waals surface area contributed by atoms with E-state index in [9.17, 15) is 9.59 Å². The molecule has 1 unspecified atom stereocenters. The summed E-state index contributed by atoms with van der Waals surface area (Å²) in [6.45, 7) is 0.158. The van der Waals surface area contributed by atoms with E-state index in [1.54, 1.807) is 25.2 Å². The van der Waals surface area contributed by atoms with Crippen LogP contribution in [0.15, 0.2) is 18.2 Å². The second-order valence-electron chi connectivity index (χ2n) is 4.72. The van der Waals surface area contributed by atoms with Gasteiger partial charge in [0.15, 0.2) is 0 Å². The van der Waals surface area contributed by atoms with Crippen LogP contribution in [0, 0.1) is 0 Å². The molecular weight excluding hydrogens is 329 g/mol. The Balaban J connectivity index is 2.53. The Morgan fingerprint density at radius 2 is 2.05 bits per heavy atom. The smallest absolute Gasteiger partial charge is 0.243 e. The Bertz CT molecular complexity index is 536. The van der Waals surface area contributed by atoms with Crippen LogP contribution in [0.4, 0.5) is 5.69 Å². The first-order valence-electron chi connectivity index (χ1n) is 6.59. The van der Waals surface area contributed by atoms with Crippen LogP contribution in [-0.2, 0) is 14.3 Å². The summed E-state index contributed by atoms with van der Waals surface area (Å²) in [5.74, 6) is -0.558. The summed E-state index contributed by atoms with van der Waals surface area (Å²) in [5, 5.41) is 3.39. The highest BCUT2D eigenvalue weighted by molar-refractivity contribution is 6.42. The zero-order chi connectivity index (χ0) is 16.7. The minimum Gasteiger partial charge on any atom is -0.380 e. The summed E-state index contributed by atoms with van der Waals surface area (Å²) in [5.41, 5.74) is 5.97. The highest BCUT2D eigenvalue weighted by atomic mass is 35.5. The largest absolute Gasteiger partial charge is 0.380 e. The van der Waals surface area contributed by atoms with E-state index in [4.69, 9.17) is 33.7 Å². The first-order valence-corrected chi connectivity index (χ1v) is 7.34. The second kappa shape index (κ2) is 8.95. The second-order valence-corrected chi connectivity index (χ2v) is 5.54. The maximum Gasteiger partial charge on any atom is 0.243 e. The molecular formula is C14H19Cl2N3O3. The number of anilines is 1. The molecule has 1 rings (SSSR count). The highest BCUT2D eigenvalue weighted by Crippen LogP contribution is 2.24. The maximum absolute atomic E-state index is 11.9. The zero-order valence-electron chi connectivity index (χ0n) is 12.4. The summed E-state index contributed by atoms with van der Waals surface area (Å²) in [7, 11) is 3.03. The van der Waals surface area contributed by atoms with Gasteiger partial charge in [-0.3, -0.25) is 9.59 Å². The number of nitrogens with two attached hydrogens (primary N) is 1. The molecule has 122 valence electrons. The van der Waals surface area contributed by atoms with Gasteiger partial charge in [-0.25, -0.2) is 0 Å². The molecule has 0 aliphatic rings. The van der Waals surface area contributed by atoms with Gasteiger partial charge >= 0.3 is 0 Å². The third kappa shape index (κ3) is 5.81. The molecule has 1 aromatic carbocycles. The number of hydrogen-bond acceptors (Lipinski definition) is 4. The molecule has 0 aromatic heterocycles. The van der Waals surface area contributed by atoms with E-state index in [1.807, 2.05) is 0 Å². The normalized spacial score (nSPS) is 11.9. The molecule has 3 N–H and O–H groups in total. The molecule has 0 spiro atoms. The van der Waals surface area contributed by atoms with Gasteiger partial charge in [-0.15, -0.1) is 0 Å². The summed E-state index contributed by atoms with van der Waals surface area (Å²) >= 11 is 11.7. The molecule has 6 nitrogen and oxygen atoms in total. The van der Waals surface area contributed by atoms with Crippen molar-refractivity contribution in [3.8, 4) is 0 Å². The lowest BCUT2D eigenvalue weighted by Gasteiger charge is -2.19. The Hall–Kier alpha value is -1.34. The quantitative estimate of drug-likeness (QED) is 0.786. The Labute approximate surface area is 139 Å². The number of carbonyl (C=O) groups is 2. The highest BCUT2D eigenvalue weighted by Gasteiger charge is 2.17. The molecule has 0 aliphatic carbocycles. The van der Waals surface area contributed by atoms with Crippen molar-refractivity contribution in [3.63, 3.8) is 0 Å². The van der Waals surface area contributed by atoms with Crippen molar-refractivity contribution in [1.29, 1.82) is 0 Å². The van der Waals surface area contributed by atoms with Crippen LogP contribution in [0.5, 0.6) is 0 Å². The third-order valence-corrected chi connectivity index (χ3v) is 3.75. The number of nitrogens with zero attached hydrogens (tertiary/aromatic N) is 1. The molecule has 0 fully saturated rings. The number of methoxy groups -OCH3 is 1. The minimum absolute atomic E-state index is 0.0832. The van der Waals surface area contributed by atoms with Crippen LogP contribution >= 0.6 is 23.2 Å². The number of hydrogen-bond donors (Lipinski definition) is 2. The Kier molecular flexibility index (Phi) is 7.61. The lowest BCUT2D eigenvalue weighted by atomic mass is 10.2. The van der Waals surface area contributed by atoms with Crippen molar-refractivity contribution >= 4 is 40.7 Å². The zero-order valence-corrected chi connectivity index (χ0v) is 13.9. The van der Waals surface area contributed by atoms with Crippen LogP contribution in [0.25, 0.3) is 0 Å². The number of amides is 2. The maximum atomic E-state index is 11.9. The van der Waals surface area contributed by atoms with Gasteiger partial charge in [-0.2, -0.15) is 0 Å². The summed E-state index contributed by atoms with van der Waals surface area (Å²) in [4.78, 5) is 25.2. The van der Waals surface area contributed by atoms with Crippen LogP contribution in [0.2, 0.25) is 10.0 Å². The van der Waals surface area contributed by atoms with E-state index in [-0.39, 0.29) is 37.4 Å². The molecule has 0 saturated carbocycles.